The Morgan fingerprint density at radius 2 is 1.75 bits per heavy atom. The molecule has 0 aromatic heterocycles. The van der Waals surface area contributed by atoms with Crippen molar-refractivity contribution in [1.29, 1.82) is 0 Å². The Hall–Kier alpha value is -1.72. The van der Waals surface area contributed by atoms with Crippen molar-refractivity contribution in [3.05, 3.63) is 29.6 Å². The molecule has 1 aromatic rings. The Labute approximate surface area is 115 Å². The monoisotopic (exact) mass is 286 g/mol. The molecule has 0 aliphatic heterocycles. The normalized spacial score (nSPS) is 17.0. The van der Waals surface area contributed by atoms with Crippen LogP contribution >= 0.6 is 0 Å². The van der Waals surface area contributed by atoms with Gasteiger partial charge < -0.3 is 10.6 Å². The fourth-order valence-electron chi connectivity index (χ4n) is 2.35. The fraction of sp³-hybridized carbons (Fsp3) is 0.500. The summed E-state index contributed by atoms with van der Waals surface area (Å²) < 4.78 is 38.9. The summed E-state index contributed by atoms with van der Waals surface area (Å²) in [4.78, 5) is 11.9. The van der Waals surface area contributed by atoms with Crippen molar-refractivity contribution in [3.8, 4) is 0 Å². The highest BCUT2D eigenvalue weighted by atomic mass is 19.2. The first kappa shape index (κ1) is 14.7. The topological polar surface area (TPSA) is 41.1 Å². The Bertz CT molecular complexity index is 478. The highest BCUT2D eigenvalue weighted by Gasteiger charge is 2.21. The zero-order valence-electron chi connectivity index (χ0n) is 11.2. The Morgan fingerprint density at radius 1 is 1.20 bits per heavy atom. The molecule has 1 fully saturated rings. The minimum atomic E-state index is -1.52. The van der Waals surface area contributed by atoms with Gasteiger partial charge in [-0.2, -0.15) is 0 Å². The van der Waals surface area contributed by atoms with E-state index in [1.54, 1.807) is 6.92 Å². The lowest BCUT2D eigenvalue weighted by Crippen LogP contribution is -2.42. The first-order chi connectivity index (χ1) is 9.47. The predicted molar refractivity (Wildman–Crippen MR) is 69.8 cm³/mol. The molecule has 0 saturated heterocycles. The zero-order chi connectivity index (χ0) is 14.7. The molecule has 1 saturated carbocycles. The molecule has 1 aliphatic rings. The maximum atomic E-state index is 13.1. The molecule has 6 heteroatoms. The van der Waals surface area contributed by atoms with Crippen LogP contribution in [0, 0.1) is 17.5 Å². The minimum absolute atomic E-state index is 0.0375. The molecule has 1 aliphatic carbocycles. The number of hydrogen-bond donors (Lipinski definition) is 2. The third kappa shape index (κ3) is 3.43. The Balaban J connectivity index is 1.96. The van der Waals surface area contributed by atoms with Crippen molar-refractivity contribution < 1.29 is 18.0 Å². The molecule has 0 heterocycles. The second-order valence-electron chi connectivity index (χ2n) is 5.11. The van der Waals surface area contributed by atoms with Crippen LogP contribution in [0.4, 0.5) is 18.9 Å². The Morgan fingerprint density at radius 3 is 2.30 bits per heavy atom. The minimum Gasteiger partial charge on any atom is -0.374 e. The molecule has 2 N–H and O–H groups in total. The van der Waals surface area contributed by atoms with Crippen LogP contribution in [0.15, 0.2) is 12.1 Å². The maximum absolute atomic E-state index is 13.1. The summed E-state index contributed by atoms with van der Waals surface area (Å²) in [7, 11) is 0. The van der Waals surface area contributed by atoms with Crippen molar-refractivity contribution in [3.63, 3.8) is 0 Å². The van der Waals surface area contributed by atoms with E-state index in [-0.39, 0.29) is 17.6 Å². The van der Waals surface area contributed by atoms with Crippen LogP contribution in [-0.2, 0) is 4.79 Å². The molecule has 2 rings (SSSR count). The van der Waals surface area contributed by atoms with Crippen LogP contribution in [0.25, 0.3) is 0 Å². The third-order valence-electron chi connectivity index (χ3n) is 3.46. The first-order valence-corrected chi connectivity index (χ1v) is 6.69. The van der Waals surface area contributed by atoms with E-state index in [1.807, 2.05) is 0 Å². The summed E-state index contributed by atoms with van der Waals surface area (Å²) in [6.45, 7) is 1.59. The van der Waals surface area contributed by atoms with E-state index < -0.39 is 23.5 Å². The van der Waals surface area contributed by atoms with Crippen molar-refractivity contribution in [2.45, 2.75) is 44.7 Å². The van der Waals surface area contributed by atoms with E-state index in [2.05, 4.69) is 10.6 Å². The molecule has 1 amide bonds. The summed E-state index contributed by atoms with van der Waals surface area (Å²) >= 11 is 0. The molecule has 110 valence electrons. The molecular weight excluding hydrogens is 269 g/mol. The maximum Gasteiger partial charge on any atom is 0.242 e. The number of anilines is 1. The lowest BCUT2D eigenvalue weighted by Gasteiger charge is -2.18. The number of hydrogen-bond acceptors (Lipinski definition) is 2. The molecule has 3 nitrogen and oxygen atoms in total. The van der Waals surface area contributed by atoms with Gasteiger partial charge >= 0.3 is 0 Å². The molecule has 1 unspecified atom stereocenters. The smallest absolute Gasteiger partial charge is 0.242 e. The van der Waals surface area contributed by atoms with Crippen molar-refractivity contribution in [2.75, 3.05) is 5.32 Å². The highest BCUT2D eigenvalue weighted by Crippen LogP contribution is 2.19. The molecular formula is C14H17F3N2O. The first-order valence-electron chi connectivity index (χ1n) is 6.69. The van der Waals surface area contributed by atoms with Gasteiger partial charge in [0.25, 0.3) is 0 Å². The van der Waals surface area contributed by atoms with Crippen LogP contribution in [0.1, 0.15) is 32.6 Å². The average Bonchev–Trinajstić information content (AvgIpc) is 2.88. The van der Waals surface area contributed by atoms with Gasteiger partial charge in [0, 0.05) is 23.9 Å². The van der Waals surface area contributed by atoms with Gasteiger partial charge in [-0.1, -0.05) is 12.8 Å². The number of carbonyl (C=O) groups excluding carboxylic acids is 1. The number of amides is 1. The van der Waals surface area contributed by atoms with Gasteiger partial charge in [-0.05, 0) is 19.8 Å². The quantitative estimate of drug-likeness (QED) is 0.836. The van der Waals surface area contributed by atoms with Crippen LogP contribution in [0.2, 0.25) is 0 Å². The molecule has 0 radical (unpaired) electrons. The van der Waals surface area contributed by atoms with E-state index in [9.17, 15) is 18.0 Å². The van der Waals surface area contributed by atoms with Gasteiger partial charge in [-0.25, -0.2) is 13.2 Å². The van der Waals surface area contributed by atoms with E-state index in [0.29, 0.717) is 0 Å². The molecule has 1 atom stereocenters. The predicted octanol–water partition coefficient (Wildman–Crippen LogP) is 2.96. The summed E-state index contributed by atoms with van der Waals surface area (Å²) in [6, 6.07) is 1.18. The van der Waals surface area contributed by atoms with Gasteiger partial charge in [-0.3, -0.25) is 4.79 Å². The van der Waals surface area contributed by atoms with Crippen LogP contribution < -0.4 is 10.6 Å². The number of rotatable bonds is 4. The van der Waals surface area contributed by atoms with Crippen LogP contribution in [0.5, 0.6) is 0 Å². The summed E-state index contributed by atoms with van der Waals surface area (Å²) in [5.41, 5.74) is 0.0375. The lowest BCUT2D eigenvalue weighted by atomic mass is 10.2. The van der Waals surface area contributed by atoms with Gasteiger partial charge in [0.15, 0.2) is 17.5 Å². The van der Waals surface area contributed by atoms with Crippen LogP contribution in [0.3, 0.4) is 0 Å². The lowest BCUT2D eigenvalue weighted by molar-refractivity contribution is -0.122. The fourth-order valence-corrected chi connectivity index (χ4v) is 2.35. The van der Waals surface area contributed by atoms with Gasteiger partial charge in [0.2, 0.25) is 5.91 Å². The number of halogens is 3. The van der Waals surface area contributed by atoms with E-state index in [0.717, 1.165) is 37.8 Å². The molecule has 1 aromatic carbocycles. The van der Waals surface area contributed by atoms with Crippen molar-refractivity contribution in [2.24, 2.45) is 0 Å². The second-order valence-corrected chi connectivity index (χ2v) is 5.11. The van der Waals surface area contributed by atoms with Gasteiger partial charge in [0.1, 0.15) is 6.04 Å². The largest absolute Gasteiger partial charge is 0.374 e. The van der Waals surface area contributed by atoms with E-state index in [1.165, 1.54) is 0 Å². The van der Waals surface area contributed by atoms with Crippen molar-refractivity contribution >= 4 is 11.6 Å². The SMILES string of the molecule is CC(Nc1cc(F)c(F)c(F)c1)C(=O)NC1CCCC1. The molecule has 0 spiro atoms. The summed E-state index contributed by atoms with van der Waals surface area (Å²) in [5, 5.41) is 5.54. The number of nitrogens with one attached hydrogen (secondary N) is 2. The second kappa shape index (κ2) is 6.15. The number of carbonyl (C=O) groups is 1. The van der Waals surface area contributed by atoms with Crippen molar-refractivity contribution in [1.82, 2.24) is 5.32 Å². The molecule has 20 heavy (non-hydrogen) atoms. The van der Waals surface area contributed by atoms with E-state index in [4.69, 9.17) is 0 Å². The summed E-state index contributed by atoms with van der Waals surface area (Å²) in [6.07, 6.45) is 4.11. The highest BCUT2D eigenvalue weighted by molar-refractivity contribution is 5.84. The zero-order valence-corrected chi connectivity index (χ0v) is 11.2. The third-order valence-corrected chi connectivity index (χ3v) is 3.46. The standard InChI is InChI=1S/C14H17F3N2O/c1-8(14(20)19-9-4-2-3-5-9)18-10-6-11(15)13(17)12(16)7-10/h6-9,18H,2-5H2,1H3,(H,19,20). The molecule has 0 bridgehead atoms. The van der Waals surface area contributed by atoms with Gasteiger partial charge in [0.05, 0.1) is 0 Å². The average molecular weight is 286 g/mol. The summed E-state index contributed by atoms with van der Waals surface area (Å²) in [5.74, 6) is -4.31. The van der Waals surface area contributed by atoms with E-state index >= 15 is 0 Å². The number of benzene rings is 1. The van der Waals surface area contributed by atoms with Gasteiger partial charge in [-0.15, -0.1) is 0 Å². The Kier molecular flexibility index (Phi) is 4.52. The van der Waals surface area contributed by atoms with Crippen LogP contribution in [-0.4, -0.2) is 18.0 Å².